The average Bonchev–Trinajstić information content (AvgIpc) is 2.67. The third-order valence-corrected chi connectivity index (χ3v) is 5.60. The highest BCUT2D eigenvalue weighted by Gasteiger charge is 1.94. The summed E-state index contributed by atoms with van der Waals surface area (Å²) >= 11 is 5.66. The van der Waals surface area contributed by atoms with Gasteiger partial charge in [-0.2, -0.15) is 0 Å². The number of nitrogens with zero attached hydrogens (tertiary/aromatic N) is 1. The van der Waals surface area contributed by atoms with Gasteiger partial charge in [0, 0.05) is 5.88 Å². The molecule has 0 radical (unpaired) electrons. The largest absolute Gasteiger partial charge is 0.304 e. The summed E-state index contributed by atoms with van der Waals surface area (Å²) in [6.45, 7) is 12.4. The van der Waals surface area contributed by atoms with E-state index in [1.54, 1.807) is 0 Å². The number of rotatable bonds is 19. The number of alkyl halides is 1. The highest BCUT2D eigenvalue weighted by atomic mass is 35.5. The molecule has 0 aliphatic carbocycles. The van der Waals surface area contributed by atoms with Gasteiger partial charge in [-0.25, -0.2) is 0 Å². The number of hydrogen-bond donors (Lipinski definition) is 0. The predicted molar refractivity (Wildman–Crippen MR) is 124 cm³/mol. The van der Waals surface area contributed by atoms with Crippen molar-refractivity contribution in [2.45, 2.75) is 130 Å². The Hall–Kier alpha value is 0.250. The molecular formula is C24H52ClN. The Bertz CT molecular complexity index is 195. The van der Waals surface area contributed by atoms with Crippen molar-refractivity contribution in [3.8, 4) is 0 Å². The first-order chi connectivity index (χ1) is 12.8. The van der Waals surface area contributed by atoms with Crippen LogP contribution in [-0.4, -0.2) is 30.4 Å². The van der Waals surface area contributed by atoms with Crippen LogP contribution in [0.3, 0.4) is 0 Å². The van der Waals surface area contributed by atoms with Crippen LogP contribution in [0, 0.1) is 0 Å². The van der Waals surface area contributed by atoms with E-state index in [-0.39, 0.29) is 0 Å². The molecule has 0 spiro atoms. The van der Waals surface area contributed by atoms with Crippen LogP contribution in [0.4, 0.5) is 0 Å². The average molecular weight is 390 g/mol. The molecule has 0 unspecified atom stereocenters. The van der Waals surface area contributed by atoms with Gasteiger partial charge >= 0.3 is 0 Å². The summed E-state index contributed by atoms with van der Waals surface area (Å²) in [4.78, 5) is 2.38. The summed E-state index contributed by atoms with van der Waals surface area (Å²) in [7, 11) is 0. The van der Waals surface area contributed by atoms with Gasteiger partial charge < -0.3 is 4.90 Å². The minimum atomic E-state index is 0.846. The van der Waals surface area contributed by atoms with E-state index in [2.05, 4.69) is 32.6 Å². The molecule has 0 fully saturated rings. The molecule has 2 heteroatoms. The fourth-order valence-corrected chi connectivity index (χ4v) is 3.50. The molecule has 0 aromatic carbocycles. The molecule has 1 nitrogen and oxygen atoms in total. The molecule has 160 valence electrons. The SMILES string of the molecule is CCCCCCCCCCCCCCCCCCCl.CCN(CC)CC. The molecule has 0 saturated heterocycles. The van der Waals surface area contributed by atoms with Crippen molar-refractivity contribution >= 4 is 11.6 Å². The van der Waals surface area contributed by atoms with Crippen LogP contribution in [0.2, 0.25) is 0 Å². The van der Waals surface area contributed by atoms with E-state index >= 15 is 0 Å². The van der Waals surface area contributed by atoms with Gasteiger partial charge in [0.1, 0.15) is 0 Å². The molecular weight excluding hydrogens is 338 g/mol. The third kappa shape index (κ3) is 26.5. The van der Waals surface area contributed by atoms with Gasteiger partial charge in [0.05, 0.1) is 0 Å². The van der Waals surface area contributed by atoms with Gasteiger partial charge in [0.2, 0.25) is 0 Å². The van der Waals surface area contributed by atoms with E-state index in [1.165, 1.54) is 122 Å². The molecule has 0 saturated carbocycles. The van der Waals surface area contributed by atoms with E-state index in [4.69, 9.17) is 11.6 Å². The lowest BCUT2D eigenvalue weighted by Gasteiger charge is -2.13. The van der Waals surface area contributed by atoms with Gasteiger partial charge in [0.15, 0.2) is 0 Å². The molecule has 26 heavy (non-hydrogen) atoms. The summed E-state index contributed by atoms with van der Waals surface area (Å²) in [6.07, 6.45) is 22.8. The molecule has 0 aromatic rings. The molecule has 0 N–H and O–H groups in total. The van der Waals surface area contributed by atoms with Crippen molar-refractivity contribution in [2.24, 2.45) is 0 Å². The van der Waals surface area contributed by atoms with Crippen LogP contribution in [0.5, 0.6) is 0 Å². The Labute approximate surface area is 172 Å². The van der Waals surface area contributed by atoms with Crippen LogP contribution < -0.4 is 0 Å². The van der Waals surface area contributed by atoms with Crippen molar-refractivity contribution in [1.29, 1.82) is 0 Å². The fourth-order valence-electron chi connectivity index (χ4n) is 3.31. The monoisotopic (exact) mass is 389 g/mol. The molecule has 0 heterocycles. The number of halogens is 1. The molecule has 0 atom stereocenters. The quantitative estimate of drug-likeness (QED) is 0.157. The van der Waals surface area contributed by atoms with Crippen molar-refractivity contribution in [1.82, 2.24) is 4.90 Å². The molecule has 0 bridgehead atoms. The maximum absolute atomic E-state index is 5.66. The van der Waals surface area contributed by atoms with Gasteiger partial charge in [-0.15, -0.1) is 11.6 Å². The van der Waals surface area contributed by atoms with E-state index in [0.717, 1.165) is 5.88 Å². The Kier molecular flexibility index (Phi) is 30.1. The Morgan fingerprint density at radius 3 is 0.885 bits per heavy atom. The first-order valence-electron chi connectivity index (χ1n) is 12.0. The van der Waals surface area contributed by atoms with Crippen LogP contribution in [-0.2, 0) is 0 Å². The second-order valence-electron chi connectivity index (χ2n) is 7.61. The summed E-state index contributed by atoms with van der Waals surface area (Å²) in [5.74, 6) is 0.846. The zero-order valence-corrected chi connectivity index (χ0v) is 19.7. The summed E-state index contributed by atoms with van der Waals surface area (Å²) < 4.78 is 0. The van der Waals surface area contributed by atoms with Crippen LogP contribution >= 0.6 is 11.6 Å². The van der Waals surface area contributed by atoms with Crippen molar-refractivity contribution in [3.63, 3.8) is 0 Å². The molecule has 0 aliphatic rings. The second kappa shape index (κ2) is 27.5. The first kappa shape index (κ1) is 28.5. The molecule has 0 aromatic heterocycles. The third-order valence-electron chi connectivity index (χ3n) is 5.33. The van der Waals surface area contributed by atoms with Gasteiger partial charge in [0.25, 0.3) is 0 Å². The van der Waals surface area contributed by atoms with E-state index in [9.17, 15) is 0 Å². The summed E-state index contributed by atoms with van der Waals surface area (Å²) in [5, 5.41) is 0. The lowest BCUT2D eigenvalue weighted by Crippen LogP contribution is -2.21. The van der Waals surface area contributed by atoms with E-state index in [1.807, 2.05) is 0 Å². The topological polar surface area (TPSA) is 3.24 Å². The van der Waals surface area contributed by atoms with Crippen molar-refractivity contribution < 1.29 is 0 Å². The van der Waals surface area contributed by atoms with E-state index < -0.39 is 0 Å². The van der Waals surface area contributed by atoms with Crippen LogP contribution in [0.1, 0.15) is 130 Å². The molecule has 0 amide bonds. The zero-order chi connectivity index (χ0) is 19.7. The van der Waals surface area contributed by atoms with E-state index in [0.29, 0.717) is 0 Å². The maximum atomic E-state index is 5.66. The standard InChI is InChI=1S/C18H37Cl.C6H15N/c1-2-3-4-5-6-7-8-9-10-11-12-13-14-15-16-17-18-19;1-4-7(5-2)6-3/h2-18H2,1H3;4-6H2,1-3H3. The lowest BCUT2D eigenvalue weighted by molar-refractivity contribution is 0.321. The predicted octanol–water partition coefficient (Wildman–Crippen LogP) is 8.83. The number of unbranched alkanes of at least 4 members (excludes halogenated alkanes) is 15. The Balaban J connectivity index is 0. The van der Waals surface area contributed by atoms with Gasteiger partial charge in [-0.3, -0.25) is 0 Å². The lowest BCUT2D eigenvalue weighted by atomic mass is 10.0. The smallest absolute Gasteiger partial charge is 0.0223 e. The minimum absolute atomic E-state index is 0.846. The maximum Gasteiger partial charge on any atom is 0.0223 e. The van der Waals surface area contributed by atoms with Crippen LogP contribution in [0.25, 0.3) is 0 Å². The summed E-state index contributed by atoms with van der Waals surface area (Å²) in [5.41, 5.74) is 0. The van der Waals surface area contributed by atoms with Crippen LogP contribution in [0.15, 0.2) is 0 Å². The van der Waals surface area contributed by atoms with Gasteiger partial charge in [-0.1, -0.05) is 124 Å². The Morgan fingerprint density at radius 2 is 0.692 bits per heavy atom. The first-order valence-corrected chi connectivity index (χ1v) is 12.6. The Morgan fingerprint density at radius 1 is 0.423 bits per heavy atom. The van der Waals surface area contributed by atoms with Crippen molar-refractivity contribution in [2.75, 3.05) is 25.5 Å². The van der Waals surface area contributed by atoms with Crippen molar-refractivity contribution in [3.05, 3.63) is 0 Å². The highest BCUT2D eigenvalue weighted by molar-refractivity contribution is 6.17. The fraction of sp³-hybridized carbons (Fsp3) is 1.00. The normalized spacial score (nSPS) is 10.8. The zero-order valence-electron chi connectivity index (χ0n) is 19.0. The summed E-state index contributed by atoms with van der Waals surface area (Å²) in [6, 6.07) is 0. The number of hydrogen-bond acceptors (Lipinski definition) is 1. The second-order valence-corrected chi connectivity index (χ2v) is 7.99. The highest BCUT2D eigenvalue weighted by Crippen LogP contribution is 2.13. The molecule has 0 aliphatic heterocycles. The molecule has 0 rings (SSSR count). The van der Waals surface area contributed by atoms with Gasteiger partial charge in [-0.05, 0) is 26.1 Å². The minimum Gasteiger partial charge on any atom is -0.304 e.